The fourth-order valence-electron chi connectivity index (χ4n) is 4.97. The number of nitrogens with zero attached hydrogens (tertiary/aromatic N) is 9. The molecule has 0 saturated carbocycles. The lowest BCUT2D eigenvalue weighted by molar-refractivity contribution is -0.671. The van der Waals surface area contributed by atoms with E-state index in [0.717, 1.165) is 26.3 Å². The Morgan fingerprint density at radius 2 is 0.970 bits per heavy atom. The molecule has 6 heterocycles. The van der Waals surface area contributed by atoms with Crippen molar-refractivity contribution in [2.75, 3.05) is 54.9 Å². The lowest BCUT2D eigenvalue weighted by Crippen LogP contribution is -2.26. The SMILES string of the molecule is CN(C)c1cc[n+](C)cc1.CN(c1ccncc1)c1ccncc1.CSc1c(Cl)cccc1Cl.CSc1ccccc1.Cc1cc[n+](C)cc1.Cc1ccc(C)s1.Cc1nc(N)nc(N)n1. The molecule has 8 rings (SSSR count). The number of halogens is 2. The first-order valence-corrected chi connectivity index (χ1v) is 24.5. The van der Waals surface area contributed by atoms with E-state index >= 15 is 0 Å². The van der Waals surface area contributed by atoms with Crippen LogP contribution < -0.4 is 30.4 Å². The number of anilines is 5. The fourth-order valence-corrected chi connectivity index (χ4v) is 7.56. The molecule has 0 aliphatic heterocycles. The first kappa shape index (κ1) is 56.4. The molecule has 11 nitrogen and oxygen atoms in total. The third-order valence-corrected chi connectivity index (χ3v) is 11.8. The van der Waals surface area contributed by atoms with E-state index in [1.54, 1.807) is 55.2 Å². The second kappa shape index (κ2) is 32.0. The standard InChI is InChI=1S/C11H11N3.C8H13N2.C7H6Cl2S.C7H10N.C7H8S.C6H8S.C4H7N5/c1-14(10-2-6-12-7-3-10)11-4-8-13-9-5-11;1-9(2)8-4-6-10(3)7-5-8;1-10-7-5(8)3-2-4-6(7)9;1-7-3-5-8(2)6-4-7;1-8-7-5-3-2-4-6-7;1-5-3-4-6(2)7-5;1-2-7-3(5)9-4(6)8-2/h2-9H,1H3;4-7H,1-3H3;2-4H,1H3;3-6H,1-2H3;2-6H,1H3;3-4H,1-2H3;1H3,(H4,5,6,7,8,9)/q;+1;;+1;;;. The highest BCUT2D eigenvalue weighted by molar-refractivity contribution is 7.99. The highest BCUT2D eigenvalue weighted by Gasteiger charge is 2.03. The van der Waals surface area contributed by atoms with Crippen LogP contribution >= 0.6 is 58.1 Å². The number of aromatic nitrogens is 7. The van der Waals surface area contributed by atoms with Crippen LogP contribution in [0, 0.1) is 27.7 Å². The maximum absolute atomic E-state index is 5.82. The topological polar surface area (TPSA) is 131 Å². The van der Waals surface area contributed by atoms with Crippen molar-refractivity contribution in [3.63, 3.8) is 0 Å². The van der Waals surface area contributed by atoms with Gasteiger partial charge >= 0.3 is 0 Å². The Labute approximate surface area is 415 Å². The van der Waals surface area contributed by atoms with Crippen LogP contribution in [0.15, 0.2) is 169 Å². The minimum Gasteiger partial charge on any atom is -0.377 e. The molecule has 348 valence electrons. The Kier molecular flexibility index (Phi) is 27.3. The van der Waals surface area contributed by atoms with Crippen molar-refractivity contribution in [3.8, 4) is 0 Å². The van der Waals surface area contributed by atoms with Crippen molar-refractivity contribution in [1.82, 2.24) is 24.9 Å². The van der Waals surface area contributed by atoms with Crippen molar-refractivity contribution >= 4 is 87.0 Å². The summed E-state index contributed by atoms with van der Waals surface area (Å²) in [6.45, 7) is 8.03. The van der Waals surface area contributed by atoms with E-state index in [4.69, 9.17) is 34.7 Å². The molecule has 6 aromatic heterocycles. The van der Waals surface area contributed by atoms with Gasteiger partial charge in [0.1, 0.15) is 19.9 Å². The predicted octanol–water partition coefficient (Wildman–Crippen LogP) is 11.5. The van der Waals surface area contributed by atoms with Gasteiger partial charge in [0.2, 0.25) is 11.9 Å². The number of thioether (sulfide) groups is 2. The monoisotopic (exact) mass is 983 g/mol. The van der Waals surface area contributed by atoms with Crippen LogP contribution in [-0.2, 0) is 14.1 Å². The summed E-state index contributed by atoms with van der Waals surface area (Å²) in [7, 11) is 10.1. The molecule has 0 bridgehead atoms. The molecule has 0 atom stereocenters. The molecule has 8 aromatic rings. The van der Waals surface area contributed by atoms with Crippen LogP contribution in [0.25, 0.3) is 0 Å². The van der Waals surface area contributed by atoms with Crippen molar-refractivity contribution < 1.29 is 9.13 Å². The summed E-state index contributed by atoms with van der Waals surface area (Å²) < 4.78 is 4.04. The average Bonchev–Trinajstić information content (AvgIpc) is 3.70. The summed E-state index contributed by atoms with van der Waals surface area (Å²) >= 11 is 16.8. The number of hydrogen-bond acceptors (Lipinski definition) is 12. The summed E-state index contributed by atoms with van der Waals surface area (Å²) in [5, 5.41) is 1.44. The molecule has 0 saturated heterocycles. The predicted molar refractivity (Wildman–Crippen MR) is 284 cm³/mol. The maximum atomic E-state index is 5.82. The number of nitrogens with two attached hydrogens (primary N) is 2. The van der Waals surface area contributed by atoms with Gasteiger partial charge < -0.3 is 21.3 Å². The Bertz CT molecular complexity index is 2350. The van der Waals surface area contributed by atoms with E-state index in [1.165, 1.54) is 25.9 Å². The molecule has 0 aliphatic carbocycles. The quantitative estimate of drug-likeness (QED) is 0.126. The van der Waals surface area contributed by atoms with Gasteiger partial charge in [0, 0.05) is 107 Å². The molecule has 2 aromatic carbocycles. The van der Waals surface area contributed by atoms with Crippen molar-refractivity contribution in [3.05, 3.63) is 190 Å². The van der Waals surface area contributed by atoms with Gasteiger partial charge in [-0.15, -0.1) is 34.9 Å². The third-order valence-electron chi connectivity index (χ3n) is 8.48. The zero-order valence-electron chi connectivity index (χ0n) is 39.7. The average molecular weight is 985 g/mol. The molecule has 0 fully saturated rings. The molecule has 66 heavy (non-hydrogen) atoms. The van der Waals surface area contributed by atoms with Gasteiger partial charge in [0.15, 0.2) is 24.8 Å². The van der Waals surface area contributed by atoms with E-state index in [9.17, 15) is 0 Å². The second-order valence-electron chi connectivity index (χ2n) is 14.2. The summed E-state index contributed by atoms with van der Waals surface area (Å²) in [6.07, 6.45) is 19.3. The third kappa shape index (κ3) is 24.0. The van der Waals surface area contributed by atoms with Crippen LogP contribution in [0.4, 0.5) is 29.0 Å². The minimum absolute atomic E-state index is 0.167. The summed E-state index contributed by atoms with van der Waals surface area (Å²) in [4.78, 5) is 28.2. The van der Waals surface area contributed by atoms with Crippen LogP contribution in [0.5, 0.6) is 0 Å². The van der Waals surface area contributed by atoms with Crippen molar-refractivity contribution in [2.45, 2.75) is 37.5 Å². The van der Waals surface area contributed by atoms with E-state index in [2.05, 4.69) is 110 Å². The van der Waals surface area contributed by atoms with E-state index in [-0.39, 0.29) is 11.9 Å². The molecule has 0 aliphatic rings. The lowest BCUT2D eigenvalue weighted by Gasteiger charge is -2.18. The first-order chi connectivity index (χ1) is 31.5. The van der Waals surface area contributed by atoms with E-state index < -0.39 is 0 Å². The fraction of sp³-hybridized carbons (Fsp3) is 0.220. The van der Waals surface area contributed by atoms with Gasteiger partial charge in [-0.25, -0.2) is 9.13 Å². The van der Waals surface area contributed by atoms with Gasteiger partial charge in [-0.05, 0) is 106 Å². The molecule has 4 N–H and O–H groups in total. The van der Waals surface area contributed by atoms with E-state index in [0.29, 0.717) is 5.82 Å². The molecule has 0 unspecified atom stereocenters. The smallest absolute Gasteiger partial charge is 0.225 e. The molecular weight excluding hydrogens is 922 g/mol. The lowest BCUT2D eigenvalue weighted by atomic mass is 10.3. The number of nitrogen functional groups attached to an aromatic ring is 2. The molecule has 0 amide bonds. The van der Waals surface area contributed by atoms with Gasteiger partial charge in [-0.2, -0.15) is 15.0 Å². The van der Waals surface area contributed by atoms with Crippen molar-refractivity contribution in [2.24, 2.45) is 14.1 Å². The minimum atomic E-state index is 0.167. The second-order valence-corrected chi connectivity index (χ2v) is 18.2. The zero-order valence-corrected chi connectivity index (χ0v) is 43.6. The Morgan fingerprint density at radius 1 is 0.530 bits per heavy atom. The summed E-state index contributed by atoms with van der Waals surface area (Å²) in [6, 6.07) is 36.3. The first-order valence-electron chi connectivity index (χ1n) is 20.4. The number of pyridine rings is 4. The number of hydrogen-bond donors (Lipinski definition) is 2. The number of thiophene rings is 1. The van der Waals surface area contributed by atoms with Crippen LogP contribution in [0.2, 0.25) is 10.0 Å². The molecule has 0 radical (unpaired) electrons. The molecule has 0 spiro atoms. The Hall–Kier alpha value is -5.77. The zero-order chi connectivity index (χ0) is 48.9. The van der Waals surface area contributed by atoms with Crippen LogP contribution in [0.3, 0.4) is 0 Å². The van der Waals surface area contributed by atoms with Gasteiger partial charge in [0.25, 0.3) is 0 Å². The number of benzene rings is 2. The normalized spacial score (nSPS) is 9.53. The summed E-state index contributed by atoms with van der Waals surface area (Å²) in [5.41, 5.74) is 15.2. The molecular formula is C50H63Cl2N11S3+2. The van der Waals surface area contributed by atoms with Gasteiger partial charge in [0.05, 0.1) is 10.0 Å². The maximum Gasteiger partial charge on any atom is 0.225 e. The largest absolute Gasteiger partial charge is 0.377 e. The Morgan fingerprint density at radius 3 is 1.29 bits per heavy atom. The molecule has 16 heteroatoms. The van der Waals surface area contributed by atoms with Gasteiger partial charge in [-0.3, -0.25) is 9.97 Å². The summed E-state index contributed by atoms with van der Waals surface area (Å²) in [5.74, 6) is 0.875. The highest BCUT2D eigenvalue weighted by Crippen LogP contribution is 2.31. The number of rotatable bonds is 5. The van der Waals surface area contributed by atoms with E-state index in [1.807, 2.05) is 147 Å². The van der Waals surface area contributed by atoms with Crippen LogP contribution in [-0.4, -0.2) is 58.6 Å². The highest BCUT2D eigenvalue weighted by atomic mass is 35.5. The Balaban J connectivity index is 0.000000268. The number of aryl methyl sites for hydroxylation is 6. The van der Waals surface area contributed by atoms with Crippen LogP contribution in [0.1, 0.15) is 21.1 Å². The van der Waals surface area contributed by atoms with Gasteiger partial charge in [-0.1, -0.05) is 47.5 Å². The van der Waals surface area contributed by atoms with Crippen molar-refractivity contribution in [1.29, 1.82) is 0 Å².